The smallest absolute Gasteiger partial charge is 0.243 e. The third-order valence-electron chi connectivity index (χ3n) is 3.73. The minimum Gasteiger partial charge on any atom is -0.322 e. The molecular weight excluding hydrogens is 359 g/mol. The minimum atomic E-state index is -3.92. The Morgan fingerprint density at radius 2 is 1.73 bits per heavy atom. The van der Waals surface area contributed by atoms with Crippen molar-refractivity contribution >= 4 is 27.4 Å². The van der Waals surface area contributed by atoms with Crippen molar-refractivity contribution in [3.8, 4) is 0 Å². The molecule has 0 aromatic heterocycles. The summed E-state index contributed by atoms with van der Waals surface area (Å²) in [6.07, 6.45) is 0. The summed E-state index contributed by atoms with van der Waals surface area (Å²) in [6, 6.07) is 9.75. The fraction of sp³-hybridized carbons (Fsp3) is 0.222. The maximum absolute atomic E-state index is 13.8. The molecule has 0 fully saturated rings. The molecule has 2 rings (SSSR count). The molecule has 2 aromatic carbocycles. The first-order valence-corrected chi connectivity index (χ1v) is 9.18. The van der Waals surface area contributed by atoms with Gasteiger partial charge in [-0.25, -0.2) is 12.8 Å². The van der Waals surface area contributed by atoms with Crippen molar-refractivity contribution in [1.29, 1.82) is 0 Å². The third-order valence-corrected chi connectivity index (χ3v) is 5.55. The van der Waals surface area contributed by atoms with Crippen molar-refractivity contribution in [3.63, 3.8) is 0 Å². The molecule has 0 aliphatic rings. The fourth-order valence-corrected chi connectivity index (χ4v) is 3.37. The monoisotopic (exact) mass is 378 g/mol. The van der Waals surface area contributed by atoms with Gasteiger partial charge in [-0.1, -0.05) is 18.2 Å². The van der Waals surface area contributed by atoms with Crippen LogP contribution in [0.4, 0.5) is 10.1 Å². The van der Waals surface area contributed by atoms with Crippen molar-refractivity contribution < 1.29 is 22.4 Å². The lowest BCUT2D eigenvalue weighted by atomic mass is 10.2. The number of likely N-dealkylation sites (N-methyl/N-ethyl adjacent to an activating group) is 1. The highest BCUT2D eigenvalue weighted by Gasteiger charge is 2.23. The molecule has 1 amide bonds. The maximum Gasteiger partial charge on any atom is 0.243 e. The number of ketones is 1. The number of halogens is 1. The van der Waals surface area contributed by atoms with Gasteiger partial charge in [-0.2, -0.15) is 4.31 Å². The van der Waals surface area contributed by atoms with Gasteiger partial charge in [0.2, 0.25) is 15.9 Å². The molecule has 0 aliphatic heterocycles. The predicted octanol–water partition coefficient (Wildman–Crippen LogP) is 2.60. The van der Waals surface area contributed by atoms with E-state index in [-0.39, 0.29) is 16.4 Å². The summed E-state index contributed by atoms with van der Waals surface area (Å²) in [6.45, 7) is 2.61. The van der Waals surface area contributed by atoms with Crippen molar-refractivity contribution in [3.05, 3.63) is 59.4 Å². The lowest BCUT2D eigenvalue weighted by molar-refractivity contribution is -0.116. The molecule has 0 heterocycles. The topological polar surface area (TPSA) is 83.6 Å². The molecule has 0 unspecified atom stereocenters. The second kappa shape index (κ2) is 7.76. The Morgan fingerprint density at radius 1 is 1.12 bits per heavy atom. The summed E-state index contributed by atoms with van der Waals surface area (Å²) >= 11 is 0. The van der Waals surface area contributed by atoms with E-state index >= 15 is 0 Å². The Balaban J connectivity index is 2.10. The number of benzene rings is 2. The highest BCUT2D eigenvalue weighted by molar-refractivity contribution is 7.89. The number of hydrogen-bond acceptors (Lipinski definition) is 4. The third kappa shape index (κ3) is 4.53. The summed E-state index contributed by atoms with van der Waals surface area (Å²) in [5.74, 6) is -1.44. The van der Waals surface area contributed by atoms with Gasteiger partial charge >= 0.3 is 0 Å². The second-order valence-corrected chi connectivity index (χ2v) is 7.92. The Labute approximate surface area is 151 Å². The van der Waals surface area contributed by atoms with Crippen molar-refractivity contribution in [2.75, 3.05) is 18.9 Å². The van der Waals surface area contributed by atoms with E-state index in [4.69, 9.17) is 0 Å². The molecule has 2 aromatic rings. The van der Waals surface area contributed by atoms with E-state index in [0.717, 1.165) is 4.31 Å². The summed E-state index contributed by atoms with van der Waals surface area (Å²) < 4.78 is 39.6. The Kier molecular flexibility index (Phi) is 5.89. The van der Waals surface area contributed by atoms with Crippen molar-refractivity contribution in [2.45, 2.75) is 18.7 Å². The van der Waals surface area contributed by atoms with Gasteiger partial charge in [0.25, 0.3) is 0 Å². The number of nitrogens with zero attached hydrogens (tertiary/aromatic N) is 1. The summed E-state index contributed by atoms with van der Waals surface area (Å²) in [5.41, 5.74) is 1.07. The van der Waals surface area contributed by atoms with Crippen LogP contribution in [0.2, 0.25) is 0 Å². The fourth-order valence-electron chi connectivity index (χ4n) is 2.24. The molecular formula is C18H19FN2O4S. The number of rotatable bonds is 6. The van der Waals surface area contributed by atoms with Crippen LogP contribution in [0.3, 0.4) is 0 Å². The van der Waals surface area contributed by atoms with Gasteiger partial charge in [0.1, 0.15) is 5.82 Å². The van der Waals surface area contributed by atoms with Crippen LogP contribution in [-0.2, 0) is 14.8 Å². The van der Waals surface area contributed by atoms with Gasteiger partial charge in [0, 0.05) is 12.6 Å². The van der Waals surface area contributed by atoms with Crippen LogP contribution >= 0.6 is 0 Å². The van der Waals surface area contributed by atoms with Gasteiger partial charge in [-0.3, -0.25) is 9.59 Å². The number of carbonyl (C=O) groups is 2. The van der Waals surface area contributed by atoms with Crippen molar-refractivity contribution in [1.82, 2.24) is 4.31 Å². The van der Waals surface area contributed by atoms with E-state index < -0.39 is 28.3 Å². The lowest BCUT2D eigenvalue weighted by Gasteiger charge is -2.17. The zero-order valence-corrected chi connectivity index (χ0v) is 15.4. The van der Waals surface area contributed by atoms with E-state index in [1.807, 2.05) is 0 Å². The van der Waals surface area contributed by atoms with E-state index in [1.54, 1.807) is 13.0 Å². The molecule has 0 saturated carbocycles. The average Bonchev–Trinajstić information content (AvgIpc) is 2.57. The summed E-state index contributed by atoms with van der Waals surface area (Å²) in [4.78, 5) is 23.3. The van der Waals surface area contributed by atoms with Gasteiger partial charge in [0.15, 0.2) is 5.78 Å². The molecule has 0 spiro atoms. The Bertz CT molecular complexity index is 940. The first-order valence-electron chi connectivity index (χ1n) is 7.74. The highest BCUT2D eigenvalue weighted by atomic mass is 32.2. The van der Waals surface area contributed by atoms with Crippen molar-refractivity contribution in [2.24, 2.45) is 0 Å². The molecule has 0 aliphatic carbocycles. The van der Waals surface area contributed by atoms with Crippen LogP contribution < -0.4 is 5.32 Å². The van der Waals surface area contributed by atoms with Crippen LogP contribution in [0.5, 0.6) is 0 Å². The van der Waals surface area contributed by atoms with E-state index in [0.29, 0.717) is 11.1 Å². The Hall–Kier alpha value is -2.58. The van der Waals surface area contributed by atoms with Crippen LogP contribution in [0.1, 0.15) is 22.8 Å². The number of anilines is 1. The van der Waals surface area contributed by atoms with Gasteiger partial charge < -0.3 is 5.32 Å². The predicted molar refractivity (Wildman–Crippen MR) is 96.0 cm³/mol. The first kappa shape index (κ1) is 19.7. The SMILES string of the molecule is CC(=O)c1ccc(S(=O)(=O)N(C)CC(=O)Nc2ccc(C)cc2F)cc1. The van der Waals surface area contributed by atoms with E-state index in [1.165, 1.54) is 50.4 Å². The molecule has 8 heteroatoms. The number of aryl methyl sites for hydroxylation is 1. The summed E-state index contributed by atoms with van der Waals surface area (Å²) in [5, 5.41) is 2.35. The molecule has 0 radical (unpaired) electrons. The molecule has 0 atom stereocenters. The second-order valence-electron chi connectivity index (χ2n) is 5.87. The molecule has 138 valence electrons. The summed E-state index contributed by atoms with van der Waals surface area (Å²) in [7, 11) is -2.67. The zero-order chi connectivity index (χ0) is 19.5. The minimum absolute atomic E-state index is 0.0165. The first-order chi connectivity index (χ1) is 12.1. The van der Waals surface area contributed by atoms with Gasteiger partial charge in [-0.15, -0.1) is 0 Å². The highest BCUT2D eigenvalue weighted by Crippen LogP contribution is 2.17. The zero-order valence-electron chi connectivity index (χ0n) is 14.6. The van der Waals surface area contributed by atoms with Crippen LogP contribution in [0, 0.1) is 12.7 Å². The number of nitrogens with one attached hydrogen (secondary N) is 1. The quantitative estimate of drug-likeness (QED) is 0.783. The number of Topliss-reactive ketones (excluding diaryl/α,β-unsaturated/α-hetero) is 1. The van der Waals surface area contributed by atoms with Gasteiger partial charge in [0.05, 0.1) is 17.1 Å². The molecule has 1 N–H and O–H groups in total. The molecule has 26 heavy (non-hydrogen) atoms. The number of sulfonamides is 1. The van der Waals surface area contributed by atoms with Crippen LogP contribution in [-0.4, -0.2) is 38.0 Å². The van der Waals surface area contributed by atoms with Crippen LogP contribution in [0.25, 0.3) is 0 Å². The number of carbonyl (C=O) groups excluding carboxylic acids is 2. The standard InChI is InChI=1S/C18H19FN2O4S/c1-12-4-9-17(16(19)10-12)20-18(23)11-21(3)26(24,25)15-7-5-14(6-8-15)13(2)22/h4-10H,11H2,1-3H3,(H,20,23). The maximum atomic E-state index is 13.8. The molecule has 0 bridgehead atoms. The normalized spacial score (nSPS) is 11.4. The van der Waals surface area contributed by atoms with Gasteiger partial charge in [-0.05, 0) is 43.7 Å². The largest absolute Gasteiger partial charge is 0.322 e. The Morgan fingerprint density at radius 3 is 2.27 bits per heavy atom. The molecule has 6 nitrogen and oxygen atoms in total. The number of hydrogen-bond donors (Lipinski definition) is 1. The molecule has 0 saturated heterocycles. The number of amides is 1. The lowest BCUT2D eigenvalue weighted by Crippen LogP contribution is -2.35. The van der Waals surface area contributed by atoms with E-state index in [9.17, 15) is 22.4 Å². The average molecular weight is 378 g/mol. The van der Waals surface area contributed by atoms with Crippen LogP contribution in [0.15, 0.2) is 47.4 Å². The van der Waals surface area contributed by atoms with E-state index in [2.05, 4.69) is 5.32 Å².